The first-order chi connectivity index (χ1) is 12.5. The van der Waals surface area contributed by atoms with Gasteiger partial charge in [-0.1, -0.05) is 25.1 Å². The van der Waals surface area contributed by atoms with Gasteiger partial charge in [0.1, 0.15) is 24.3 Å². The lowest BCUT2D eigenvalue weighted by atomic mass is 9.74. The van der Waals surface area contributed by atoms with E-state index in [1.165, 1.54) is 11.6 Å². The van der Waals surface area contributed by atoms with Crippen LogP contribution in [0.1, 0.15) is 47.3 Å². The van der Waals surface area contributed by atoms with Crippen LogP contribution in [0.3, 0.4) is 0 Å². The molecule has 26 heavy (non-hydrogen) atoms. The Labute approximate surface area is 153 Å². The minimum absolute atomic E-state index is 0.0594. The van der Waals surface area contributed by atoms with Crippen LogP contribution in [0, 0.1) is 31.5 Å². The Kier molecular flexibility index (Phi) is 4.22. The molecule has 1 fully saturated rings. The number of benzene rings is 2. The van der Waals surface area contributed by atoms with Crippen LogP contribution in [0.4, 0.5) is 4.39 Å². The molecule has 3 nitrogen and oxygen atoms in total. The highest BCUT2D eigenvalue weighted by atomic mass is 19.1. The summed E-state index contributed by atoms with van der Waals surface area (Å²) in [5.74, 6) is 0.535. The van der Waals surface area contributed by atoms with Crippen molar-refractivity contribution < 1.29 is 18.7 Å². The summed E-state index contributed by atoms with van der Waals surface area (Å²) in [5.41, 5.74) is 5.04. The van der Waals surface area contributed by atoms with Crippen LogP contribution in [-0.2, 0) is 22.6 Å². The number of fused-ring (bicyclic) bond motifs is 3. The molecule has 2 unspecified atom stereocenters. The molecule has 2 aliphatic rings. The molecular formula is C22H23FO3. The summed E-state index contributed by atoms with van der Waals surface area (Å²) in [4.78, 5) is 12.1. The molecule has 1 heterocycles. The third-order valence-electron chi connectivity index (χ3n) is 5.92. The van der Waals surface area contributed by atoms with E-state index in [2.05, 4.69) is 6.92 Å². The van der Waals surface area contributed by atoms with Gasteiger partial charge in [-0.15, -0.1) is 0 Å². The van der Waals surface area contributed by atoms with E-state index in [1.807, 2.05) is 19.9 Å². The second kappa shape index (κ2) is 6.42. The molecule has 0 radical (unpaired) electrons. The van der Waals surface area contributed by atoms with Crippen LogP contribution < -0.4 is 4.74 Å². The molecule has 2 aromatic rings. The van der Waals surface area contributed by atoms with Gasteiger partial charge in [-0.25, -0.2) is 4.39 Å². The van der Waals surface area contributed by atoms with Gasteiger partial charge in [-0.05, 0) is 55.5 Å². The van der Waals surface area contributed by atoms with E-state index in [1.54, 1.807) is 18.2 Å². The first-order valence-electron chi connectivity index (χ1n) is 9.17. The van der Waals surface area contributed by atoms with E-state index in [-0.39, 0.29) is 36.3 Å². The predicted molar refractivity (Wildman–Crippen MR) is 96.5 cm³/mol. The summed E-state index contributed by atoms with van der Waals surface area (Å²) in [6, 6.07) is 8.66. The van der Waals surface area contributed by atoms with Crippen LogP contribution >= 0.6 is 0 Å². The standard InChI is InChI=1S/C22H23FO3/c1-12-10-19(25-11-15-6-4-5-7-18(15)23)14(3)20-16(12)8-9-17-13(2)22(24)26-21(17)20/h4-7,10,13,17,21H,8-9,11H2,1-3H3/t13?,17-,21?/m0/s1. The van der Waals surface area contributed by atoms with Gasteiger partial charge >= 0.3 is 5.97 Å². The number of carbonyl (C=O) groups excluding carboxylic acids is 1. The van der Waals surface area contributed by atoms with E-state index in [9.17, 15) is 9.18 Å². The molecule has 1 saturated heterocycles. The van der Waals surface area contributed by atoms with E-state index < -0.39 is 0 Å². The number of aryl methyl sites for hydroxylation is 1. The fourth-order valence-electron chi connectivity index (χ4n) is 4.34. The van der Waals surface area contributed by atoms with Crippen LogP contribution in [0.2, 0.25) is 0 Å². The molecule has 0 bridgehead atoms. The quantitative estimate of drug-likeness (QED) is 0.742. The summed E-state index contributed by atoms with van der Waals surface area (Å²) >= 11 is 0. The number of halogens is 1. The van der Waals surface area contributed by atoms with E-state index >= 15 is 0 Å². The third-order valence-corrected chi connectivity index (χ3v) is 5.92. The maximum atomic E-state index is 13.9. The number of rotatable bonds is 3. The lowest BCUT2D eigenvalue weighted by molar-refractivity contribution is -0.144. The highest BCUT2D eigenvalue weighted by molar-refractivity contribution is 5.76. The minimum Gasteiger partial charge on any atom is -0.489 e. The highest BCUT2D eigenvalue weighted by Gasteiger charge is 2.46. The third kappa shape index (κ3) is 2.68. The fraction of sp³-hybridized carbons (Fsp3) is 0.409. The van der Waals surface area contributed by atoms with Crippen LogP contribution in [0.5, 0.6) is 5.75 Å². The topological polar surface area (TPSA) is 35.5 Å². The summed E-state index contributed by atoms with van der Waals surface area (Å²) in [7, 11) is 0. The van der Waals surface area contributed by atoms with Crippen molar-refractivity contribution in [2.45, 2.75) is 46.3 Å². The molecule has 0 amide bonds. The van der Waals surface area contributed by atoms with Gasteiger partial charge in [0, 0.05) is 17.0 Å². The lowest BCUT2D eigenvalue weighted by Crippen LogP contribution is -2.22. The van der Waals surface area contributed by atoms with Gasteiger partial charge in [-0.3, -0.25) is 4.79 Å². The molecule has 4 heteroatoms. The molecule has 1 aliphatic carbocycles. The maximum Gasteiger partial charge on any atom is 0.309 e. The average molecular weight is 354 g/mol. The molecule has 3 atom stereocenters. The summed E-state index contributed by atoms with van der Waals surface area (Å²) < 4.78 is 25.6. The minimum atomic E-state index is -0.265. The zero-order valence-corrected chi connectivity index (χ0v) is 15.3. The molecular weight excluding hydrogens is 331 g/mol. The number of carbonyl (C=O) groups is 1. The summed E-state index contributed by atoms with van der Waals surface area (Å²) in [6.07, 6.45) is 1.75. The number of hydrogen-bond acceptors (Lipinski definition) is 3. The first-order valence-corrected chi connectivity index (χ1v) is 9.17. The van der Waals surface area contributed by atoms with Crippen LogP contribution in [0.15, 0.2) is 30.3 Å². The molecule has 2 aromatic carbocycles. The smallest absolute Gasteiger partial charge is 0.309 e. The number of esters is 1. The highest BCUT2D eigenvalue weighted by Crippen LogP contribution is 2.49. The van der Waals surface area contributed by atoms with Gasteiger partial charge in [-0.2, -0.15) is 0 Å². The molecule has 0 N–H and O–H groups in total. The van der Waals surface area contributed by atoms with Gasteiger partial charge in [0.25, 0.3) is 0 Å². The number of hydrogen-bond donors (Lipinski definition) is 0. The van der Waals surface area contributed by atoms with Crippen molar-refractivity contribution in [1.82, 2.24) is 0 Å². The predicted octanol–water partition coefficient (Wildman–Crippen LogP) is 4.82. The second-order valence-corrected chi connectivity index (χ2v) is 7.44. The first kappa shape index (κ1) is 17.1. The SMILES string of the molecule is Cc1cc(OCc2ccccc2F)c(C)c2c1CC[C@H]1C(C)C(=O)OC21. The Morgan fingerprint density at radius 2 is 2.04 bits per heavy atom. The lowest BCUT2D eigenvalue weighted by Gasteiger charge is -2.31. The zero-order valence-electron chi connectivity index (χ0n) is 15.3. The molecule has 1 aliphatic heterocycles. The normalized spacial score (nSPS) is 24.0. The van der Waals surface area contributed by atoms with Crippen molar-refractivity contribution in [3.63, 3.8) is 0 Å². The molecule has 136 valence electrons. The largest absolute Gasteiger partial charge is 0.489 e. The van der Waals surface area contributed by atoms with Crippen molar-refractivity contribution in [3.05, 3.63) is 64.0 Å². The van der Waals surface area contributed by atoms with Crippen molar-refractivity contribution >= 4 is 5.97 Å². The Hall–Kier alpha value is -2.36. The monoisotopic (exact) mass is 354 g/mol. The van der Waals surface area contributed by atoms with Gasteiger partial charge < -0.3 is 9.47 Å². The van der Waals surface area contributed by atoms with Gasteiger partial charge in [0.2, 0.25) is 0 Å². The number of ether oxygens (including phenoxy) is 2. The van der Waals surface area contributed by atoms with Crippen molar-refractivity contribution in [2.24, 2.45) is 11.8 Å². The van der Waals surface area contributed by atoms with Gasteiger partial charge in [0.15, 0.2) is 0 Å². The molecule has 0 spiro atoms. The van der Waals surface area contributed by atoms with Crippen molar-refractivity contribution in [1.29, 1.82) is 0 Å². The second-order valence-electron chi connectivity index (χ2n) is 7.44. The Morgan fingerprint density at radius 1 is 1.27 bits per heavy atom. The Balaban J connectivity index is 1.68. The van der Waals surface area contributed by atoms with E-state index in [4.69, 9.17) is 9.47 Å². The Bertz CT molecular complexity index is 874. The fourth-order valence-corrected chi connectivity index (χ4v) is 4.34. The van der Waals surface area contributed by atoms with E-state index in [0.29, 0.717) is 5.56 Å². The Morgan fingerprint density at radius 3 is 2.81 bits per heavy atom. The molecule has 0 aromatic heterocycles. The van der Waals surface area contributed by atoms with E-state index in [0.717, 1.165) is 35.3 Å². The van der Waals surface area contributed by atoms with Crippen LogP contribution in [0.25, 0.3) is 0 Å². The summed E-state index contributed by atoms with van der Waals surface area (Å²) in [5, 5.41) is 0. The zero-order chi connectivity index (χ0) is 18.4. The maximum absolute atomic E-state index is 13.9. The van der Waals surface area contributed by atoms with Crippen molar-refractivity contribution in [3.8, 4) is 5.75 Å². The van der Waals surface area contributed by atoms with Crippen LogP contribution in [-0.4, -0.2) is 5.97 Å². The van der Waals surface area contributed by atoms with Gasteiger partial charge in [0.05, 0.1) is 5.92 Å². The summed E-state index contributed by atoms with van der Waals surface area (Å²) in [6.45, 7) is 6.21. The van der Waals surface area contributed by atoms with Crippen molar-refractivity contribution in [2.75, 3.05) is 0 Å². The molecule has 4 rings (SSSR count). The average Bonchev–Trinajstić information content (AvgIpc) is 2.92. The molecule has 0 saturated carbocycles.